The van der Waals surface area contributed by atoms with Crippen LogP contribution in [0.25, 0.3) is 0 Å². The number of amides is 2. The quantitative estimate of drug-likeness (QED) is 0.682. The number of nitrogens with zero attached hydrogens (tertiary/aromatic N) is 3. The Morgan fingerprint density at radius 1 is 1.09 bits per heavy atom. The molecule has 2 aliphatic rings. The second-order valence-electron chi connectivity index (χ2n) is 8.46. The molecule has 1 aliphatic heterocycles. The van der Waals surface area contributed by atoms with Crippen LogP contribution < -0.4 is 4.74 Å². The number of carbonyl (C=O) groups is 2. The van der Waals surface area contributed by atoms with Crippen LogP contribution in [-0.2, 0) is 9.59 Å². The van der Waals surface area contributed by atoms with E-state index in [0.29, 0.717) is 6.42 Å². The second kappa shape index (κ2) is 9.51. The van der Waals surface area contributed by atoms with Gasteiger partial charge in [0.15, 0.2) is 0 Å². The molecule has 0 bridgehead atoms. The van der Waals surface area contributed by atoms with E-state index in [4.69, 9.17) is 4.74 Å². The zero-order valence-electron chi connectivity index (χ0n) is 18.5. The van der Waals surface area contributed by atoms with Crippen LogP contribution in [0.2, 0.25) is 0 Å². The van der Waals surface area contributed by atoms with Crippen molar-refractivity contribution >= 4 is 17.5 Å². The first-order chi connectivity index (χ1) is 15.5. The van der Waals surface area contributed by atoms with E-state index < -0.39 is 0 Å². The van der Waals surface area contributed by atoms with Crippen LogP contribution >= 0.6 is 0 Å². The second-order valence-corrected chi connectivity index (χ2v) is 8.46. The number of likely N-dealkylation sites (N-methyl/N-ethyl adjacent to an activating group) is 1. The molecule has 2 aromatic carbocycles. The van der Waals surface area contributed by atoms with Crippen LogP contribution in [0.3, 0.4) is 0 Å². The third kappa shape index (κ3) is 4.66. The molecule has 7 heteroatoms. The highest BCUT2D eigenvalue weighted by Crippen LogP contribution is 2.33. The van der Waals surface area contributed by atoms with Gasteiger partial charge in [-0.1, -0.05) is 25.0 Å². The fourth-order valence-corrected chi connectivity index (χ4v) is 4.48. The average molecular weight is 438 g/mol. The Morgan fingerprint density at radius 3 is 2.38 bits per heavy atom. The zero-order valence-corrected chi connectivity index (χ0v) is 18.5. The highest BCUT2D eigenvalue weighted by Gasteiger charge is 2.35. The summed E-state index contributed by atoms with van der Waals surface area (Å²) >= 11 is 0. The molecule has 1 aliphatic carbocycles. The Hall–Kier alpha value is -3.22. The number of methoxy groups -OCH3 is 1. The molecular formula is C25H28FN3O3. The third-order valence-electron chi connectivity index (χ3n) is 6.30. The zero-order chi connectivity index (χ0) is 22.7. The Morgan fingerprint density at radius 2 is 1.75 bits per heavy atom. The first-order valence-corrected chi connectivity index (χ1v) is 11.0. The molecule has 0 aromatic heterocycles. The molecule has 6 nitrogen and oxygen atoms in total. The lowest BCUT2D eigenvalue weighted by Gasteiger charge is -2.26. The van der Waals surface area contributed by atoms with Gasteiger partial charge in [0.1, 0.15) is 18.1 Å². The molecule has 0 unspecified atom stereocenters. The number of benzene rings is 2. The summed E-state index contributed by atoms with van der Waals surface area (Å²) in [5.74, 6) is 0.187. The van der Waals surface area contributed by atoms with Crippen molar-refractivity contribution in [1.82, 2.24) is 9.91 Å². The van der Waals surface area contributed by atoms with E-state index in [2.05, 4.69) is 5.10 Å². The van der Waals surface area contributed by atoms with Crippen LogP contribution in [0.5, 0.6) is 5.75 Å². The van der Waals surface area contributed by atoms with E-state index in [1.54, 1.807) is 26.3 Å². The van der Waals surface area contributed by atoms with Crippen LogP contribution in [0.1, 0.15) is 49.3 Å². The highest BCUT2D eigenvalue weighted by atomic mass is 19.1. The molecule has 2 amide bonds. The van der Waals surface area contributed by atoms with Gasteiger partial charge < -0.3 is 9.64 Å². The molecular weight excluding hydrogens is 409 g/mol. The highest BCUT2D eigenvalue weighted by molar-refractivity contribution is 6.03. The van der Waals surface area contributed by atoms with E-state index in [9.17, 15) is 14.0 Å². The summed E-state index contributed by atoms with van der Waals surface area (Å²) in [5.41, 5.74) is 2.46. The normalized spacial score (nSPS) is 18.5. The minimum Gasteiger partial charge on any atom is -0.497 e. The van der Waals surface area contributed by atoms with E-state index in [1.165, 1.54) is 22.0 Å². The van der Waals surface area contributed by atoms with Crippen LogP contribution in [0.4, 0.5) is 4.39 Å². The molecule has 4 rings (SSSR count). The van der Waals surface area contributed by atoms with Crippen LogP contribution in [0, 0.1) is 11.7 Å². The fourth-order valence-electron chi connectivity index (χ4n) is 4.48. The standard InChI is InChI=1S/C25H28FN3O3/c1-28(25(31)19-5-3-4-6-19)16-24(30)29-23(18-7-11-20(26)12-8-18)15-22(27-29)17-9-13-21(32-2)14-10-17/h7-14,19,23H,3-6,15-16H2,1-2H3/t23-/m1/s1. The molecule has 0 N–H and O–H groups in total. The van der Waals surface area contributed by atoms with Crippen molar-refractivity contribution in [3.63, 3.8) is 0 Å². The molecule has 1 atom stereocenters. The number of ether oxygens (including phenoxy) is 1. The van der Waals surface area contributed by atoms with Crippen molar-refractivity contribution in [3.8, 4) is 5.75 Å². The van der Waals surface area contributed by atoms with Gasteiger partial charge in [-0.2, -0.15) is 5.10 Å². The van der Waals surface area contributed by atoms with Crippen molar-refractivity contribution in [2.75, 3.05) is 20.7 Å². The monoisotopic (exact) mass is 437 g/mol. The molecule has 1 heterocycles. The van der Waals surface area contributed by atoms with Crippen molar-refractivity contribution < 1.29 is 18.7 Å². The van der Waals surface area contributed by atoms with Gasteiger partial charge >= 0.3 is 0 Å². The summed E-state index contributed by atoms with van der Waals surface area (Å²) < 4.78 is 18.7. The van der Waals surface area contributed by atoms with Gasteiger partial charge in [-0.25, -0.2) is 9.40 Å². The van der Waals surface area contributed by atoms with Gasteiger partial charge in [-0.05, 0) is 60.4 Å². The van der Waals surface area contributed by atoms with Crippen LogP contribution in [0.15, 0.2) is 53.6 Å². The van der Waals surface area contributed by atoms with Gasteiger partial charge in [0, 0.05) is 19.4 Å². The smallest absolute Gasteiger partial charge is 0.262 e. The molecule has 2 aromatic rings. The number of carbonyl (C=O) groups excluding carboxylic acids is 2. The summed E-state index contributed by atoms with van der Waals surface area (Å²) in [6, 6.07) is 13.3. The number of hydrogen-bond donors (Lipinski definition) is 0. The Balaban J connectivity index is 1.56. The van der Waals surface area contributed by atoms with Crippen molar-refractivity contribution in [2.24, 2.45) is 11.0 Å². The molecule has 1 saturated carbocycles. The van der Waals surface area contributed by atoms with Crippen molar-refractivity contribution in [1.29, 1.82) is 0 Å². The summed E-state index contributed by atoms with van der Waals surface area (Å²) in [7, 11) is 3.28. The molecule has 0 radical (unpaired) electrons. The van der Waals surface area contributed by atoms with Gasteiger partial charge in [0.25, 0.3) is 5.91 Å². The number of halogens is 1. The SMILES string of the molecule is COc1ccc(C2=NN(C(=O)CN(C)C(=O)C3CCCC3)[C@@H](c3ccc(F)cc3)C2)cc1. The maximum Gasteiger partial charge on any atom is 0.262 e. The third-order valence-corrected chi connectivity index (χ3v) is 6.30. The minimum atomic E-state index is -0.352. The number of hydrazone groups is 1. The Bertz CT molecular complexity index is 998. The lowest BCUT2D eigenvalue weighted by Crippen LogP contribution is -2.41. The fraction of sp³-hybridized carbons (Fsp3) is 0.400. The van der Waals surface area contributed by atoms with Crippen molar-refractivity contribution in [3.05, 3.63) is 65.5 Å². The summed E-state index contributed by atoms with van der Waals surface area (Å²) in [4.78, 5) is 27.4. The van der Waals surface area contributed by atoms with E-state index in [0.717, 1.165) is 48.3 Å². The maximum atomic E-state index is 13.5. The molecule has 32 heavy (non-hydrogen) atoms. The molecule has 0 saturated heterocycles. The Labute approximate surface area is 187 Å². The van der Waals surface area contributed by atoms with Gasteiger partial charge in [0.2, 0.25) is 5.91 Å². The lowest BCUT2D eigenvalue weighted by atomic mass is 9.98. The van der Waals surface area contributed by atoms with Gasteiger partial charge in [-0.15, -0.1) is 0 Å². The molecule has 1 fully saturated rings. The van der Waals surface area contributed by atoms with Crippen LogP contribution in [-0.4, -0.2) is 48.1 Å². The van der Waals surface area contributed by atoms with E-state index in [1.807, 2.05) is 24.3 Å². The Kier molecular flexibility index (Phi) is 6.53. The first-order valence-electron chi connectivity index (χ1n) is 11.0. The van der Waals surface area contributed by atoms with Gasteiger partial charge in [0.05, 0.1) is 18.9 Å². The maximum absolute atomic E-state index is 13.5. The predicted octanol–water partition coefficient (Wildman–Crippen LogP) is 4.16. The summed E-state index contributed by atoms with van der Waals surface area (Å²) in [5, 5.41) is 6.08. The first kappa shape index (κ1) is 22.0. The van der Waals surface area contributed by atoms with E-state index >= 15 is 0 Å². The lowest BCUT2D eigenvalue weighted by molar-refractivity contribution is -0.142. The van der Waals surface area contributed by atoms with Crippen molar-refractivity contribution in [2.45, 2.75) is 38.1 Å². The number of rotatable bonds is 6. The number of hydrogen-bond acceptors (Lipinski definition) is 4. The predicted molar refractivity (Wildman–Crippen MR) is 120 cm³/mol. The van der Waals surface area contributed by atoms with Gasteiger partial charge in [-0.3, -0.25) is 9.59 Å². The summed E-state index contributed by atoms with van der Waals surface area (Å²) in [6.07, 6.45) is 4.40. The largest absolute Gasteiger partial charge is 0.497 e. The minimum absolute atomic E-state index is 0.0117. The van der Waals surface area contributed by atoms with E-state index in [-0.39, 0.29) is 36.1 Å². The molecule has 168 valence electrons. The molecule has 0 spiro atoms. The topological polar surface area (TPSA) is 62.2 Å². The summed E-state index contributed by atoms with van der Waals surface area (Å²) in [6.45, 7) is -0.0353. The average Bonchev–Trinajstić information content (AvgIpc) is 3.50.